The molecule has 0 aromatic heterocycles. The number of halogens is 3. The molecule has 1 unspecified atom stereocenters. The Kier molecular flexibility index (Phi) is 4.88. The highest BCUT2D eigenvalue weighted by molar-refractivity contribution is 8.13. The fraction of sp³-hybridized carbons (Fsp3) is 0.333. The Labute approximate surface area is 184 Å². The number of anilines is 1. The Hall–Kier alpha value is -3.08. The number of nitrogens with zero attached hydrogens (tertiary/aromatic N) is 2. The minimum Gasteiger partial charge on any atom is -0.493 e. The number of hydrogen-bond acceptors (Lipinski definition) is 5. The van der Waals surface area contributed by atoms with E-state index >= 15 is 0 Å². The van der Waals surface area contributed by atoms with Crippen molar-refractivity contribution in [2.45, 2.75) is 36.5 Å². The molecule has 0 aliphatic carbocycles. The second kappa shape index (κ2) is 7.51. The van der Waals surface area contributed by atoms with E-state index in [9.17, 15) is 18.0 Å². The summed E-state index contributed by atoms with van der Waals surface area (Å²) < 4.78 is 54.3. The maximum absolute atomic E-state index is 13.4. The predicted molar refractivity (Wildman–Crippen MR) is 114 cm³/mol. The smallest absolute Gasteiger partial charge is 0.442 e. The number of nitrogens with one attached hydrogen (secondary N) is 2. The van der Waals surface area contributed by atoms with Crippen LogP contribution in [0.15, 0.2) is 45.5 Å². The summed E-state index contributed by atoms with van der Waals surface area (Å²) >= 11 is 0. The molecule has 2 aromatic carbocycles. The standard InChI is InChI=1S/C21H19F3N4O3S/c1-2-32(14-5-3-4-13(11-14)20(27-28-20)21(22,23)24)26-19(29)25-17-15-7-9-30-16(15)10-12-6-8-31-18(12)17/h2-5,10-11H,6-9H2,1H3,(H2,25,26,29). The van der Waals surface area contributed by atoms with Crippen LogP contribution in [0.25, 0.3) is 0 Å². The number of urea groups is 1. The van der Waals surface area contributed by atoms with Crippen molar-refractivity contribution in [2.75, 3.05) is 18.5 Å². The van der Waals surface area contributed by atoms with E-state index in [0.717, 1.165) is 23.3 Å². The molecule has 3 aliphatic rings. The van der Waals surface area contributed by atoms with Crippen LogP contribution in [0.5, 0.6) is 11.5 Å². The van der Waals surface area contributed by atoms with Gasteiger partial charge in [0.05, 0.1) is 18.9 Å². The molecule has 168 valence electrons. The number of alkyl halides is 3. The largest absolute Gasteiger partial charge is 0.493 e. The summed E-state index contributed by atoms with van der Waals surface area (Å²) in [6.07, 6.45) is -3.22. The van der Waals surface area contributed by atoms with Crippen LogP contribution in [-0.4, -0.2) is 30.8 Å². The van der Waals surface area contributed by atoms with Gasteiger partial charge in [0.15, 0.2) is 0 Å². The van der Waals surface area contributed by atoms with Crippen molar-refractivity contribution in [3.8, 4) is 11.5 Å². The zero-order chi connectivity index (χ0) is 22.5. The van der Waals surface area contributed by atoms with Gasteiger partial charge >= 0.3 is 17.9 Å². The molecule has 0 spiro atoms. The molecule has 3 aliphatic heterocycles. The van der Waals surface area contributed by atoms with Crippen LogP contribution in [-0.2, 0) is 18.5 Å². The molecule has 0 fully saturated rings. The van der Waals surface area contributed by atoms with Gasteiger partial charge in [-0.1, -0.05) is 22.8 Å². The SMILES string of the molecule is C/C=S(/NC(=O)Nc1c2c(cc3c1OCC3)OCC2)c1cccc(C2(C(F)(F)F)N=N2)c1. The molecule has 11 heteroatoms. The van der Waals surface area contributed by atoms with Crippen LogP contribution >= 0.6 is 10.7 Å². The molecule has 32 heavy (non-hydrogen) atoms. The van der Waals surface area contributed by atoms with Crippen LogP contribution < -0.4 is 19.5 Å². The molecule has 2 N–H and O–H groups in total. The number of benzene rings is 2. The minimum atomic E-state index is -4.61. The van der Waals surface area contributed by atoms with Gasteiger partial charge in [0.2, 0.25) is 0 Å². The number of rotatable bonds is 4. The number of ether oxygens (including phenoxy) is 2. The van der Waals surface area contributed by atoms with Gasteiger partial charge in [0, 0.05) is 34.4 Å². The molecule has 0 bridgehead atoms. The van der Waals surface area contributed by atoms with Gasteiger partial charge in [-0.05, 0) is 30.5 Å². The first-order valence-electron chi connectivity index (χ1n) is 9.98. The van der Waals surface area contributed by atoms with Crippen molar-refractivity contribution in [1.82, 2.24) is 4.72 Å². The zero-order valence-electron chi connectivity index (χ0n) is 17.0. The summed E-state index contributed by atoms with van der Waals surface area (Å²) in [4.78, 5) is 13.4. The number of amides is 2. The number of fused-ring (bicyclic) bond motifs is 2. The quantitative estimate of drug-likeness (QED) is 0.630. The lowest BCUT2D eigenvalue weighted by Crippen LogP contribution is -2.30. The Bertz CT molecular complexity index is 1140. The van der Waals surface area contributed by atoms with E-state index in [0.29, 0.717) is 36.0 Å². The Morgan fingerprint density at radius 1 is 1.19 bits per heavy atom. The first-order chi connectivity index (χ1) is 15.3. The number of hydrogen-bond donors (Lipinski definition) is 2. The van der Waals surface area contributed by atoms with Gasteiger partial charge in [0.25, 0.3) is 0 Å². The van der Waals surface area contributed by atoms with Gasteiger partial charge in [0.1, 0.15) is 11.5 Å². The second-order valence-electron chi connectivity index (χ2n) is 7.44. The normalized spacial score (nSPS) is 18.4. The summed E-state index contributed by atoms with van der Waals surface area (Å²) in [6.45, 7) is 2.80. The Morgan fingerprint density at radius 2 is 1.97 bits per heavy atom. The number of carbonyl (C=O) groups excluding carboxylic acids is 1. The maximum Gasteiger partial charge on any atom is 0.442 e. The fourth-order valence-electron chi connectivity index (χ4n) is 3.90. The summed E-state index contributed by atoms with van der Waals surface area (Å²) in [5.41, 5.74) is -0.133. The predicted octanol–water partition coefficient (Wildman–Crippen LogP) is 4.92. The van der Waals surface area contributed by atoms with E-state index < -0.39 is 28.5 Å². The fourth-order valence-corrected chi connectivity index (χ4v) is 5.14. The third kappa shape index (κ3) is 3.40. The first-order valence-corrected chi connectivity index (χ1v) is 11.3. The van der Waals surface area contributed by atoms with E-state index in [2.05, 4.69) is 20.3 Å². The lowest BCUT2D eigenvalue weighted by molar-refractivity contribution is -0.166. The third-order valence-corrected chi connectivity index (χ3v) is 7.15. The van der Waals surface area contributed by atoms with Crippen molar-refractivity contribution >= 4 is 27.8 Å². The van der Waals surface area contributed by atoms with E-state index in [4.69, 9.17) is 9.47 Å². The molecule has 0 saturated carbocycles. The molecule has 2 amide bonds. The monoisotopic (exact) mass is 464 g/mol. The van der Waals surface area contributed by atoms with Crippen molar-refractivity contribution in [1.29, 1.82) is 0 Å². The topological polar surface area (TPSA) is 84.3 Å². The summed E-state index contributed by atoms with van der Waals surface area (Å²) in [5.74, 6) is 1.39. The van der Waals surface area contributed by atoms with Gasteiger partial charge in [-0.15, -0.1) is 10.2 Å². The Balaban J connectivity index is 1.38. The highest BCUT2D eigenvalue weighted by Crippen LogP contribution is 2.52. The highest BCUT2D eigenvalue weighted by atomic mass is 32.2. The van der Waals surface area contributed by atoms with Crippen LogP contribution in [0.2, 0.25) is 0 Å². The van der Waals surface area contributed by atoms with Crippen molar-refractivity contribution < 1.29 is 27.4 Å². The molecule has 7 nitrogen and oxygen atoms in total. The summed E-state index contributed by atoms with van der Waals surface area (Å²) in [7, 11) is -0.949. The average Bonchev–Trinajstić information content (AvgIpc) is 3.24. The van der Waals surface area contributed by atoms with Gasteiger partial charge in [-0.3, -0.25) is 4.72 Å². The molecule has 1 atom stereocenters. The van der Waals surface area contributed by atoms with E-state index in [-0.39, 0.29) is 5.56 Å². The molecule has 2 aromatic rings. The second-order valence-corrected chi connectivity index (χ2v) is 9.26. The molecule has 3 heterocycles. The Morgan fingerprint density at radius 3 is 2.69 bits per heavy atom. The maximum atomic E-state index is 13.4. The first kappa shape index (κ1) is 20.8. The molecular formula is C21H19F3N4O3S. The molecular weight excluding hydrogens is 445 g/mol. The van der Waals surface area contributed by atoms with Gasteiger partial charge in [-0.2, -0.15) is 13.2 Å². The number of carbonyl (C=O) groups is 1. The van der Waals surface area contributed by atoms with Crippen LogP contribution in [0, 0.1) is 0 Å². The summed E-state index contributed by atoms with van der Waals surface area (Å²) in [5, 5.41) is 11.1. The van der Waals surface area contributed by atoms with Gasteiger partial charge < -0.3 is 14.8 Å². The van der Waals surface area contributed by atoms with Gasteiger partial charge in [-0.25, -0.2) is 4.79 Å². The third-order valence-electron chi connectivity index (χ3n) is 5.51. The molecule has 0 saturated heterocycles. The van der Waals surface area contributed by atoms with Crippen molar-refractivity contribution in [3.05, 3.63) is 47.0 Å². The van der Waals surface area contributed by atoms with E-state index in [1.165, 1.54) is 18.2 Å². The average molecular weight is 464 g/mol. The lowest BCUT2D eigenvalue weighted by Gasteiger charge is -2.18. The minimum absolute atomic E-state index is 0.0756. The van der Waals surface area contributed by atoms with Crippen LogP contribution in [0.1, 0.15) is 23.6 Å². The van der Waals surface area contributed by atoms with E-state index in [1.54, 1.807) is 18.4 Å². The van der Waals surface area contributed by atoms with Crippen molar-refractivity contribution in [2.24, 2.45) is 10.2 Å². The van der Waals surface area contributed by atoms with Crippen LogP contribution in [0.3, 0.4) is 0 Å². The zero-order valence-corrected chi connectivity index (χ0v) is 17.8. The van der Waals surface area contributed by atoms with Crippen molar-refractivity contribution in [3.63, 3.8) is 0 Å². The highest BCUT2D eigenvalue weighted by Gasteiger charge is 2.65. The van der Waals surface area contributed by atoms with Crippen LogP contribution in [0.4, 0.5) is 23.7 Å². The summed E-state index contributed by atoms with van der Waals surface area (Å²) in [6, 6.07) is 7.35. The van der Waals surface area contributed by atoms with E-state index in [1.807, 2.05) is 6.07 Å². The molecule has 0 radical (unpaired) electrons. The molecule has 5 rings (SSSR count). The lowest BCUT2D eigenvalue weighted by atomic mass is 10.0.